The summed E-state index contributed by atoms with van der Waals surface area (Å²) in [6, 6.07) is 4.82. The van der Waals surface area contributed by atoms with E-state index in [1.54, 1.807) is 12.1 Å². The maximum Gasteiger partial charge on any atom is 0.348 e. The number of aryl methyl sites for hydroxylation is 1. The van der Waals surface area contributed by atoms with Crippen molar-refractivity contribution in [2.45, 2.75) is 46.6 Å². The summed E-state index contributed by atoms with van der Waals surface area (Å²) in [4.78, 5) is 50.7. The molecule has 0 radical (unpaired) electrons. The van der Waals surface area contributed by atoms with Gasteiger partial charge in [0.05, 0.1) is 75.5 Å². The molecular formula is C28H41N5O10S. The van der Waals surface area contributed by atoms with Crippen LogP contribution in [0.2, 0.25) is 0 Å². The molecule has 1 heterocycles. The maximum atomic E-state index is 12.8. The molecule has 0 saturated heterocycles. The minimum absolute atomic E-state index is 0.0854. The van der Waals surface area contributed by atoms with Gasteiger partial charge < -0.3 is 34.3 Å². The number of anilines is 3. The quantitative estimate of drug-likeness (QED) is 0.0824. The molecule has 0 fully saturated rings. The van der Waals surface area contributed by atoms with Crippen LogP contribution in [0.5, 0.6) is 0 Å². The third kappa shape index (κ3) is 14.7. The van der Waals surface area contributed by atoms with Gasteiger partial charge in [-0.05, 0) is 57.2 Å². The van der Waals surface area contributed by atoms with Crippen molar-refractivity contribution in [1.82, 2.24) is 4.98 Å². The second kappa shape index (κ2) is 18.9. The molecule has 2 amide bonds. The zero-order valence-electron chi connectivity index (χ0n) is 25.7. The summed E-state index contributed by atoms with van der Waals surface area (Å²) in [6.45, 7) is 11.8. The first-order valence-corrected chi connectivity index (χ1v) is 14.8. The fraction of sp³-hybridized carbons (Fsp3) is 0.571. The summed E-state index contributed by atoms with van der Waals surface area (Å²) in [6.07, 6.45) is 0.199. The number of aromatic nitrogens is 1. The van der Waals surface area contributed by atoms with E-state index in [0.717, 1.165) is 11.3 Å². The van der Waals surface area contributed by atoms with Gasteiger partial charge in [0.2, 0.25) is 5.91 Å². The second-order valence-electron chi connectivity index (χ2n) is 10.3. The van der Waals surface area contributed by atoms with Gasteiger partial charge in [-0.1, -0.05) is 0 Å². The van der Waals surface area contributed by atoms with Gasteiger partial charge >= 0.3 is 11.0 Å². The van der Waals surface area contributed by atoms with Crippen LogP contribution in [0.1, 0.15) is 50.2 Å². The first-order chi connectivity index (χ1) is 20.9. The summed E-state index contributed by atoms with van der Waals surface area (Å²) in [5, 5.41) is 19.3. The van der Waals surface area contributed by atoms with Gasteiger partial charge in [0, 0.05) is 19.2 Å². The smallest absolute Gasteiger partial charge is 0.348 e. The average molecular weight is 640 g/mol. The number of hydrogen-bond acceptors (Lipinski definition) is 13. The van der Waals surface area contributed by atoms with Gasteiger partial charge in [0.25, 0.3) is 5.91 Å². The summed E-state index contributed by atoms with van der Waals surface area (Å²) in [5.74, 6) is -1.23. The van der Waals surface area contributed by atoms with Crippen molar-refractivity contribution in [3.05, 3.63) is 39.6 Å². The Balaban J connectivity index is 1.60. The zero-order valence-corrected chi connectivity index (χ0v) is 26.5. The highest BCUT2D eigenvalue weighted by Crippen LogP contribution is 2.30. The van der Waals surface area contributed by atoms with Crippen molar-refractivity contribution in [3.63, 3.8) is 0 Å². The van der Waals surface area contributed by atoms with Crippen LogP contribution in [0.4, 0.5) is 21.5 Å². The number of thiazole rings is 1. The predicted octanol–water partition coefficient (Wildman–Crippen LogP) is 3.78. The molecule has 3 N–H and O–H groups in total. The zero-order chi connectivity index (χ0) is 32.5. The van der Waals surface area contributed by atoms with Crippen LogP contribution >= 0.6 is 11.3 Å². The molecule has 15 nitrogen and oxygen atoms in total. The Labute approximate surface area is 260 Å². The van der Waals surface area contributed by atoms with Gasteiger partial charge in [0.1, 0.15) is 11.3 Å². The van der Waals surface area contributed by atoms with E-state index in [9.17, 15) is 24.5 Å². The number of nitrogens with zero attached hydrogens (tertiary/aromatic N) is 2. The van der Waals surface area contributed by atoms with E-state index in [2.05, 4.69) is 20.9 Å². The van der Waals surface area contributed by atoms with E-state index in [0.29, 0.717) is 58.5 Å². The fourth-order valence-electron chi connectivity index (χ4n) is 3.50. The van der Waals surface area contributed by atoms with Crippen molar-refractivity contribution in [2.75, 3.05) is 75.4 Å². The Bertz CT molecular complexity index is 1250. The number of esters is 1. The predicted molar refractivity (Wildman–Crippen MR) is 164 cm³/mol. The van der Waals surface area contributed by atoms with Crippen LogP contribution in [0, 0.1) is 17.0 Å². The van der Waals surface area contributed by atoms with Crippen molar-refractivity contribution in [2.24, 2.45) is 0 Å². The van der Waals surface area contributed by atoms with Gasteiger partial charge in [-0.2, -0.15) is 0 Å². The normalized spacial score (nSPS) is 11.2. The number of nitrogens with one attached hydrogen (secondary N) is 3. The number of benzene rings is 1. The number of amides is 2. The molecular weight excluding hydrogens is 598 g/mol. The van der Waals surface area contributed by atoms with Crippen molar-refractivity contribution < 1.29 is 43.0 Å². The van der Waals surface area contributed by atoms with Gasteiger partial charge in [0.15, 0.2) is 5.13 Å². The number of carbonyl (C=O) groups excluding carboxylic acids is 3. The summed E-state index contributed by atoms with van der Waals surface area (Å²) in [5.41, 5.74) is 0.790. The molecule has 0 bridgehead atoms. The molecule has 44 heavy (non-hydrogen) atoms. The van der Waals surface area contributed by atoms with Crippen LogP contribution in [0.15, 0.2) is 18.2 Å². The van der Waals surface area contributed by atoms with E-state index in [1.807, 2.05) is 20.8 Å². The van der Waals surface area contributed by atoms with E-state index in [4.69, 9.17) is 23.7 Å². The highest BCUT2D eigenvalue weighted by Gasteiger charge is 2.21. The first kappa shape index (κ1) is 36.5. The van der Waals surface area contributed by atoms with Crippen LogP contribution in [-0.4, -0.2) is 92.7 Å². The number of rotatable bonds is 20. The monoisotopic (exact) mass is 639 g/mol. The lowest BCUT2D eigenvalue weighted by atomic mass is 10.1. The van der Waals surface area contributed by atoms with E-state index in [-0.39, 0.29) is 52.0 Å². The lowest BCUT2D eigenvalue weighted by Gasteiger charge is -2.19. The molecule has 0 atom stereocenters. The molecule has 2 rings (SSSR count). The van der Waals surface area contributed by atoms with E-state index >= 15 is 0 Å². The first-order valence-electron chi connectivity index (χ1n) is 14.0. The number of hydrogen-bond donors (Lipinski definition) is 3. The molecule has 0 spiro atoms. The topological polar surface area (TPSA) is 189 Å². The highest BCUT2D eigenvalue weighted by atomic mass is 32.1. The SMILES string of the molecule is CC(=O)Nc1cc(NCCOCCOCCOCCOCCC(=O)OC(C)(C)C)ccc1C(=O)Nc1nc(C)c([N+](=O)[O-])s1. The van der Waals surface area contributed by atoms with Crippen LogP contribution in [0.3, 0.4) is 0 Å². The molecule has 0 saturated carbocycles. The Hall–Kier alpha value is -3.70. The van der Waals surface area contributed by atoms with Crippen molar-refractivity contribution in [3.8, 4) is 0 Å². The van der Waals surface area contributed by atoms with E-state index in [1.165, 1.54) is 19.9 Å². The van der Waals surface area contributed by atoms with Gasteiger partial charge in [-0.25, -0.2) is 4.98 Å². The molecule has 2 aromatic rings. The van der Waals surface area contributed by atoms with Crippen molar-refractivity contribution >= 4 is 50.6 Å². The average Bonchev–Trinajstić information content (AvgIpc) is 3.29. The molecule has 0 aliphatic rings. The molecule has 0 unspecified atom stereocenters. The summed E-state index contributed by atoms with van der Waals surface area (Å²) in [7, 11) is 0. The highest BCUT2D eigenvalue weighted by molar-refractivity contribution is 7.19. The standard InChI is InChI=1S/C28H41N5O10S/c1-19-26(33(37)38)44-27(30-19)32-25(36)22-7-6-21(18-23(22)31-20(2)34)29-9-11-40-13-15-42-17-16-41-14-12-39-10-8-24(35)43-28(3,4)5/h6-7,18,29H,8-17H2,1-5H3,(H,31,34)(H,30,32,36). The van der Waals surface area contributed by atoms with Gasteiger partial charge in [-0.15, -0.1) is 0 Å². The molecule has 0 aliphatic heterocycles. The lowest BCUT2D eigenvalue weighted by molar-refractivity contribution is -0.380. The Morgan fingerprint density at radius 3 is 2.07 bits per heavy atom. The van der Waals surface area contributed by atoms with Crippen molar-refractivity contribution in [1.29, 1.82) is 0 Å². The lowest BCUT2D eigenvalue weighted by Crippen LogP contribution is -2.24. The maximum absolute atomic E-state index is 12.8. The number of nitro groups is 1. The molecule has 0 aliphatic carbocycles. The Kier molecular flexibility index (Phi) is 15.6. The van der Waals surface area contributed by atoms with Crippen LogP contribution in [-0.2, 0) is 33.3 Å². The number of carbonyl (C=O) groups is 3. The molecule has 1 aromatic carbocycles. The van der Waals surface area contributed by atoms with Crippen LogP contribution in [0.25, 0.3) is 0 Å². The fourth-order valence-corrected chi connectivity index (χ4v) is 4.28. The third-order valence-corrected chi connectivity index (χ3v) is 6.32. The third-order valence-electron chi connectivity index (χ3n) is 5.30. The Morgan fingerprint density at radius 1 is 0.932 bits per heavy atom. The molecule has 16 heteroatoms. The number of ether oxygens (including phenoxy) is 5. The van der Waals surface area contributed by atoms with E-state index < -0.39 is 16.4 Å². The summed E-state index contributed by atoms with van der Waals surface area (Å²) >= 11 is 0.755. The van der Waals surface area contributed by atoms with Gasteiger partial charge in [-0.3, -0.25) is 29.8 Å². The Morgan fingerprint density at radius 2 is 1.52 bits per heavy atom. The largest absolute Gasteiger partial charge is 0.460 e. The minimum atomic E-state index is -0.568. The second-order valence-corrected chi connectivity index (χ2v) is 11.3. The molecule has 244 valence electrons. The summed E-state index contributed by atoms with van der Waals surface area (Å²) < 4.78 is 27.0. The minimum Gasteiger partial charge on any atom is -0.460 e. The molecule has 1 aromatic heterocycles. The van der Waals surface area contributed by atoms with Crippen LogP contribution < -0.4 is 16.0 Å².